The molecule has 2 aromatic carbocycles. The van der Waals surface area contributed by atoms with Gasteiger partial charge in [0.05, 0.1) is 25.9 Å². The Labute approximate surface area is 134 Å². The van der Waals surface area contributed by atoms with Crippen molar-refractivity contribution in [3.05, 3.63) is 59.9 Å². The van der Waals surface area contributed by atoms with Gasteiger partial charge in [0.15, 0.2) is 0 Å². The van der Waals surface area contributed by atoms with Crippen molar-refractivity contribution >= 4 is 5.91 Å². The molecule has 1 saturated heterocycles. The third-order valence-electron chi connectivity index (χ3n) is 4.01. The Bertz CT molecular complexity index is 687. The molecule has 0 spiro atoms. The van der Waals surface area contributed by atoms with Crippen LogP contribution in [0.5, 0.6) is 0 Å². The summed E-state index contributed by atoms with van der Waals surface area (Å²) >= 11 is 0. The Morgan fingerprint density at radius 1 is 1.22 bits per heavy atom. The second-order valence-corrected chi connectivity index (χ2v) is 5.46. The molecule has 0 aliphatic carbocycles. The van der Waals surface area contributed by atoms with E-state index in [1.54, 1.807) is 29.2 Å². The van der Waals surface area contributed by atoms with E-state index < -0.39 is 0 Å². The Kier molecular flexibility index (Phi) is 4.69. The van der Waals surface area contributed by atoms with Crippen LogP contribution in [0.3, 0.4) is 0 Å². The second-order valence-electron chi connectivity index (χ2n) is 5.46. The fraction of sp³-hybridized carbons (Fsp3) is 0.278. The van der Waals surface area contributed by atoms with Gasteiger partial charge >= 0.3 is 0 Å². The highest BCUT2D eigenvalue weighted by atomic mass is 19.1. The molecule has 1 amide bonds. The van der Waals surface area contributed by atoms with Gasteiger partial charge in [-0.2, -0.15) is 0 Å². The van der Waals surface area contributed by atoms with Crippen molar-refractivity contribution in [1.82, 2.24) is 4.90 Å². The van der Waals surface area contributed by atoms with Crippen LogP contribution in [0.1, 0.15) is 10.4 Å². The molecule has 1 N–H and O–H groups in total. The summed E-state index contributed by atoms with van der Waals surface area (Å²) in [7, 11) is 0. The highest BCUT2D eigenvalue weighted by Gasteiger charge is 2.28. The van der Waals surface area contributed by atoms with Crippen LogP contribution in [0.25, 0.3) is 11.1 Å². The van der Waals surface area contributed by atoms with E-state index >= 15 is 0 Å². The molecule has 4 nitrogen and oxygen atoms in total. The number of ether oxygens (including phenoxy) is 1. The first-order valence-corrected chi connectivity index (χ1v) is 7.55. The first-order chi connectivity index (χ1) is 11.2. The summed E-state index contributed by atoms with van der Waals surface area (Å²) in [6.07, 6.45) is 0. The maximum absolute atomic E-state index is 13.1. The number of nitrogens with zero attached hydrogens (tertiary/aromatic N) is 1. The molecule has 1 heterocycles. The van der Waals surface area contributed by atoms with E-state index in [2.05, 4.69) is 0 Å². The number of carbonyl (C=O) groups is 1. The minimum atomic E-state index is -0.336. The molecular formula is C18H18FNO3. The van der Waals surface area contributed by atoms with Gasteiger partial charge in [-0.25, -0.2) is 4.39 Å². The Hall–Kier alpha value is -2.24. The van der Waals surface area contributed by atoms with Crippen LogP contribution >= 0.6 is 0 Å². The standard InChI is InChI=1S/C18H18FNO3/c19-14-7-5-13(6-8-14)16-3-1-2-4-17(16)18(22)20-9-10-23-12-15(20)11-21/h1-8,15,21H,9-12H2/t15-/m1/s1. The van der Waals surface area contributed by atoms with Gasteiger partial charge in [-0.15, -0.1) is 0 Å². The third kappa shape index (κ3) is 3.25. The predicted octanol–water partition coefficient (Wildman–Crippen LogP) is 2.33. The Morgan fingerprint density at radius 2 is 1.96 bits per heavy atom. The number of carbonyl (C=O) groups excluding carboxylic acids is 1. The third-order valence-corrected chi connectivity index (χ3v) is 4.01. The summed E-state index contributed by atoms with van der Waals surface area (Å²) in [5.74, 6) is -0.460. The van der Waals surface area contributed by atoms with E-state index in [1.807, 2.05) is 12.1 Å². The van der Waals surface area contributed by atoms with Gasteiger partial charge < -0.3 is 14.7 Å². The molecule has 1 aliphatic rings. The van der Waals surface area contributed by atoms with Gasteiger partial charge in [0.1, 0.15) is 5.82 Å². The molecule has 5 heteroatoms. The summed E-state index contributed by atoms with van der Waals surface area (Å²) in [5.41, 5.74) is 2.07. The molecule has 0 radical (unpaired) electrons. The first kappa shape index (κ1) is 15.6. The lowest BCUT2D eigenvalue weighted by atomic mass is 9.98. The van der Waals surface area contributed by atoms with E-state index in [4.69, 9.17) is 4.74 Å². The predicted molar refractivity (Wildman–Crippen MR) is 84.6 cm³/mol. The number of rotatable bonds is 3. The van der Waals surface area contributed by atoms with Crippen LogP contribution < -0.4 is 0 Å². The van der Waals surface area contributed by atoms with E-state index in [9.17, 15) is 14.3 Å². The van der Waals surface area contributed by atoms with Crippen LogP contribution in [0, 0.1) is 5.82 Å². The number of halogens is 1. The normalized spacial score (nSPS) is 18.0. The minimum absolute atomic E-state index is 0.134. The Balaban J connectivity index is 1.96. The van der Waals surface area contributed by atoms with E-state index in [1.165, 1.54) is 12.1 Å². The molecule has 1 fully saturated rings. The fourth-order valence-electron chi connectivity index (χ4n) is 2.78. The van der Waals surface area contributed by atoms with E-state index in [0.29, 0.717) is 25.3 Å². The average molecular weight is 315 g/mol. The zero-order valence-electron chi connectivity index (χ0n) is 12.6. The Morgan fingerprint density at radius 3 is 2.70 bits per heavy atom. The monoisotopic (exact) mass is 315 g/mol. The van der Waals surface area contributed by atoms with Crippen LogP contribution in [-0.2, 0) is 4.74 Å². The van der Waals surface area contributed by atoms with Crippen molar-refractivity contribution in [2.75, 3.05) is 26.4 Å². The highest BCUT2D eigenvalue weighted by molar-refractivity contribution is 6.01. The molecule has 0 saturated carbocycles. The van der Waals surface area contributed by atoms with Crippen molar-refractivity contribution in [2.45, 2.75) is 6.04 Å². The number of morpholine rings is 1. The molecule has 0 aromatic heterocycles. The van der Waals surface area contributed by atoms with Gasteiger partial charge in [-0.05, 0) is 29.3 Å². The van der Waals surface area contributed by atoms with Crippen molar-refractivity contribution < 1.29 is 19.0 Å². The van der Waals surface area contributed by atoms with Crippen LogP contribution in [0.4, 0.5) is 4.39 Å². The average Bonchev–Trinajstić information content (AvgIpc) is 2.62. The zero-order valence-corrected chi connectivity index (χ0v) is 12.6. The SMILES string of the molecule is O=C(c1ccccc1-c1ccc(F)cc1)N1CCOC[C@H]1CO. The lowest BCUT2D eigenvalue weighted by Crippen LogP contribution is -2.50. The summed E-state index contributed by atoms with van der Waals surface area (Å²) in [6.45, 7) is 1.11. The second kappa shape index (κ2) is 6.89. The molecule has 3 rings (SSSR count). The minimum Gasteiger partial charge on any atom is -0.394 e. The highest BCUT2D eigenvalue weighted by Crippen LogP contribution is 2.26. The number of hydrogen-bond donors (Lipinski definition) is 1. The van der Waals surface area contributed by atoms with Gasteiger partial charge in [0.25, 0.3) is 5.91 Å². The number of aliphatic hydroxyl groups is 1. The molecule has 0 unspecified atom stereocenters. The van der Waals surface area contributed by atoms with Crippen molar-refractivity contribution in [1.29, 1.82) is 0 Å². The fourth-order valence-corrected chi connectivity index (χ4v) is 2.78. The van der Waals surface area contributed by atoms with Crippen molar-refractivity contribution in [3.63, 3.8) is 0 Å². The lowest BCUT2D eigenvalue weighted by molar-refractivity contribution is -0.0183. The number of amides is 1. The molecule has 1 aliphatic heterocycles. The summed E-state index contributed by atoms with van der Waals surface area (Å²) in [5, 5.41) is 9.46. The molecule has 1 atom stereocenters. The van der Waals surface area contributed by atoms with Crippen LogP contribution in [-0.4, -0.2) is 48.3 Å². The number of benzene rings is 2. The van der Waals surface area contributed by atoms with Gasteiger partial charge in [0, 0.05) is 12.1 Å². The number of aliphatic hydroxyl groups excluding tert-OH is 1. The lowest BCUT2D eigenvalue weighted by Gasteiger charge is -2.35. The molecule has 0 bridgehead atoms. The summed E-state index contributed by atoms with van der Waals surface area (Å²) < 4.78 is 18.5. The maximum atomic E-state index is 13.1. The van der Waals surface area contributed by atoms with Gasteiger partial charge in [-0.3, -0.25) is 4.79 Å². The maximum Gasteiger partial charge on any atom is 0.254 e. The molecule has 2 aromatic rings. The first-order valence-electron chi connectivity index (χ1n) is 7.55. The largest absolute Gasteiger partial charge is 0.394 e. The van der Waals surface area contributed by atoms with Crippen LogP contribution in [0.15, 0.2) is 48.5 Å². The molecular weight excluding hydrogens is 297 g/mol. The summed E-state index contributed by atoms with van der Waals surface area (Å²) in [4.78, 5) is 14.6. The van der Waals surface area contributed by atoms with E-state index in [-0.39, 0.29) is 24.4 Å². The van der Waals surface area contributed by atoms with Gasteiger partial charge in [-0.1, -0.05) is 30.3 Å². The summed E-state index contributed by atoms with van der Waals surface area (Å²) in [6, 6.07) is 13.0. The van der Waals surface area contributed by atoms with Gasteiger partial charge in [0.2, 0.25) is 0 Å². The van der Waals surface area contributed by atoms with Crippen molar-refractivity contribution in [2.24, 2.45) is 0 Å². The van der Waals surface area contributed by atoms with E-state index in [0.717, 1.165) is 11.1 Å². The molecule has 120 valence electrons. The topological polar surface area (TPSA) is 49.8 Å². The quantitative estimate of drug-likeness (QED) is 0.946. The smallest absolute Gasteiger partial charge is 0.254 e. The van der Waals surface area contributed by atoms with Crippen LogP contribution in [0.2, 0.25) is 0 Å². The van der Waals surface area contributed by atoms with Crippen molar-refractivity contribution in [3.8, 4) is 11.1 Å². The zero-order chi connectivity index (χ0) is 16.2. The molecule has 23 heavy (non-hydrogen) atoms. The number of hydrogen-bond acceptors (Lipinski definition) is 3.